The molecular formula is C12H18O2S. The van der Waals surface area contributed by atoms with Crippen LogP contribution in [-0.2, 0) is 6.42 Å². The van der Waals surface area contributed by atoms with Gasteiger partial charge in [0, 0.05) is 6.07 Å². The minimum atomic E-state index is 0.869. The molecule has 15 heavy (non-hydrogen) atoms. The topological polar surface area (TPSA) is 18.5 Å². The first kappa shape index (κ1) is 12.2. The molecule has 1 aromatic rings. The zero-order valence-electron chi connectivity index (χ0n) is 9.58. The first-order valence-corrected chi connectivity index (χ1v) is 6.40. The summed E-state index contributed by atoms with van der Waals surface area (Å²) in [6, 6.07) is 6.05. The quantitative estimate of drug-likeness (QED) is 0.695. The van der Waals surface area contributed by atoms with E-state index in [4.69, 9.17) is 9.47 Å². The zero-order valence-corrected chi connectivity index (χ0v) is 10.4. The molecule has 0 spiro atoms. The predicted octanol–water partition coefficient (Wildman–Crippen LogP) is 3.00. The Morgan fingerprint density at radius 3 is 2.13 bits per heavy atom. The minimum absolute atomic E-state index is 0.869. The maximum atomic E-state index is 5.22. The molecule has 0 fully saturated rings. The van der Waals surface area contributed by atoms with Crippen LogP contribution in [0.1, 0.15) is 12.0 Å². The second-order valence-corrected chi connectivity index (χ2v) is 4.30. The molecule has 84 valence electrons. The third kappa shape index (κ3) is 4.04. The van der Waals surface area contributed by atoms with E-state index in [1.54, 1.807) is 14.2 Å². The molecule has 3 heteroatoms. The monoisotopic (exact) mass is 226 g/mol. The fraction of sp³-hybridized carbons (Fsp3) is 0.500. The molecule has 0 bridgehead atoms. The van der Waals surface area contributed by atoms with Crippen LogP contribution in [0.15, 0.2) is 18.2 Å². The number of thioether (sulfide) groups is 1. The van der Waals surface area contributed by atoms with Crippen LogP contribution in [0.4, 0.5) is 0 Å². The number of hydrogen-bond acceptors (Lipinski definition) is 3. The van der Waals surface area contributed by atoms with Gasteiger partial charge in [-0.1, -0.05) is 0 Å². The molecule has 0 saturated heterocycles. The summed E-state index contributed by atoms with van der Waals surface area (Å²) in [6.45, 7) is 0. The van der Waals surface area contributed by atoms with Crippen molar-refractivity contribution in [2.45, 2.75) is 12.8 Å². The first-order chi connectivity index (χ1) is 7.30. The van der Waals surface area contributed by atoms with Crippen LogP contribution in [0.3, 0.4) is 0 Å². The van der Waals surface area contributed by atoms with Crippen molar-refractivity contribution in [3.8, 4) is 11.5 Å². The molecule has 0 heterocycles. The Morgan fingerprint density at radius 1 is 1.07 bits per heavy atom. The van der Waals surface area contributed by atoms with Gasteiger partial charge in [0.1, 0.15) is 11.5 Å². The summed E-state index contributed by atoms with van der Waals surface area (Å²) in [4.78, 5) is 0. The van der Waals surface area contributed by atoms with E-state index in [1.807, 2.05) is 17.8 Å². The Kier molecular flexibility index (Phi) is 5.40. The number of benzene rings is 1. The highest BCUT2D eigenvalue weighted by molar-refractivity contribution is 7.98. The van der Waals surface area contributed by atoms with Crippen LogP contribution in [0.25, 0.3) is 0 Å². The van der Waals surface area contributed by atoms with Gasteiger partial charge in [0.05, 0.1) is 14.2 Å². The Hall–Kier alpha value is -0.830. The van der Waals surface area contributed by atoms with E-state index in [2.05, 4.69) is 18.4 Å². The molecule has 0 saturated carbocycles. The standard InChI is InChI=1S/C12H18O2S/c1-13-11-7-10(5-4-6-15-3)8-12(9-11)14-2/h7-9H,4-6H2,1-3H3. The van der Waals surface area contributed by atoms with E-state index in [-0.39, 0.29) is 0 Å². The van der Waals surface area contributed by atoms with E-state index >= 15 is 0 Å². The molecule has 1 aromatic carbocycles. The van der Waals surface area contributed by atoms with Gasteiger partial charge in [0.15, 0.2) is 0 Å². The van der Waals surface area contributed by atoms with Gasteiger partial charge in [0.25, 0.3) is 0 Å². The third-order valence-corrected chi connectivity index (χ3v) is 2.92. The molecular weight excluding hydrogens is 208 g/mol. The lowest BCUT2D eigenvalue weighted by atomic mass is 10.1. The van der Waals surface area contributed by atoms with Gasteiger partial charge >= 0.3 is 0 Å². The van der Waals surface area contributed by atoms with Crippen LogP contribution in [0.2, 0.25) is 0 Å². The van der Waals surface area contributed by atoms with Crippen molar-refractivity contribution in [1.82, 2.24) is 0 Å². The van der Waals surface area contributed by atoms with Crippen LogP contribution < -0.4 is 9.47 Å². The minimum Gasteiger partial charge on any atom is -0.497 e. The number of ether oxygens (including phenoxy) is 2. The molecule has 0 aliphatic carbocycles. The van der Waals surface area contributed by atoms with Crippen LogP contribution in [0.5, 0.6) is 11.5 Å². The molecule has 0 N–H and O–H groups in total. The van der Waals surface area contributed by atoms with Crippen molar-refractivity contribution < 1.29 is 9.47 Å². The van der Waals surface area contributed by atoms with Crippen LogP contribution >= 0.6 is 11.8 Å². The van der Waals surface area contributed by atoms with Gasteiger partial charge in [-0.25, -0.2) is 0 Å². The summed E-state index contributed by atoms with van der Waals surface area (Å²) >= 11 is 1.88. The lowest BCUT2D eigenvalue weighted by molar-refractivity contribution is 0.393. The second kappa shape index (κ2) is 6.62. The molecule has 0 aliphatic rings. The molecule has 0 radical (unpaired) electrons. The second-order valence-electron chi connectivity index (χ2n) is 3.32. The molecule has 0 atom stereocenters. The average molecular weight is 226 g/mol. The van der Waals surface area contributed by atoms with Gasteiger partial charge in [-0.15, -0.1) is 0 Å². The Morgan fingerprint density at radius 2 is 1.67 bits per heavy atom. The van der Waals surface area contributed by atoms with Crippen molar-refractivity contribution >= 4 is 11.8 Å². The summed E-state index contributed by atoms with van der Waals surface area (Å²) in [5, 5.41) is 0. The molecule has 0 aliphatic heterocycles. The number of methoxy groups -OCH3 is 2. The van der Waals surface area contributed by atoms with Crippen LogP contribution in [0, 0.1) is 0 Å². The predicted molar refractivity (Wildman–Crippen MR) is 66.2 cm³/mol. The Bertz CT molecular complexity index is 277. The molecule has 1 rings (SSSR count). The highest BCUT2D eigenvalue weighted by atomic mass is 32.2. The van der Waals surface area contributed by atoms with Crippen molar-refractivity contribution in [2.75, 3.05) is 26.2 Å². The average Bonchev–Trinajstić information content (AvgIpc) is 2.29. The fourth-order valence-corrected chi connectivity index (χ4v) is 1.86. The smallest absolute Gasteiger partial charge is 0.122 e. The molecule has 0 unspecified atom stereocenters. The highest BCUT2D eigenvalue weighted by Gasteiger charge is 2.01. The maximum absolute atomic E-state index is 5.22. The number of aryl methyl sites for hydroxylation is 1. The van der Waals surface area contributed by atoms with E-state index in [0.29, 0.717) is 0 Å². The van der Waals surface area contributed by atoms with Gasteiger partial charge < -0.3 is 9.47 Å². The van der Waals surface area contributed by atoms with E-state index in [0.717, 1.165) is 17.9 Å². The number of rotatable bonds is 6. The third-order valence-electron chi connectivity index (χ3n) is 2.23. The lowest BCUT2D eigenvalue weighted by Crippen LogP contribution is -1.92. The Balaban J connectivity index is 2.68. The first-order valence-electron chi connectivity index (χ1n) is 5.01. The number of hydrogen-bond donors (Lipinski definition) is 0. The van der Waals surface area contributed by atoms with Crippen molar-refractivity contribution in [3.63, 3.8) is 0 Å². The zero-order chi connectivity index (χ0) is 11.1. The SMILES string of the molecule is COc1cc(CCCSC)cc(OC)c1. The Labute approximate surface area is 96.0 Å². The van der Waals surface area contributed by atoms with Gasteiger partial charge in [-0.3, -0.25) is 0 Å². The molecule has 0 aromatic heterocycles. The van der Waals surface area contributed by atoms with Crippen molar-refractivity contribution in [1.29, 1.82) is 0 Å². The van der Waals surface area contributed by atoms with E-state index in [1.165, 1.54) is 17.7 Å². The van der Waals surface area contributed by atoms with Crippen molar-refractivity contribution in [3.05, 3.63) is 23.8 Å². The van der Waals surface area contributed by atoms with E-state index in [9.17, 15) is 0 Å². The summed E-state index contributed by atoms with van der Waals surface area (Å²) in [7, 11) is 3.36. The van der Waals surface area contributed by atoms with Gasteiger partial charge in [0.2, 0.25) is 0 Å². The fourth-order valence-electron chi connectivity index (χ4n) is 1.43. The van der Waals surface area contributed by atoms with Crippen molar-refractivity contribution in [2.24, 2.45) is 0 Å². The summed E-state index contributed by atoms with van der Waals surface area (Å²) in [6.07, 6.45) is 4.40. The van der Waals surface area contributed by atoms with Gasteiger partial charge in [-0.05, 0) is 42.5 Å². The summed E-state index contributed by atoms with van der Waals surface area (Å²) in [5.41, 5.74) is 1.28. The maximum Gasteiger partial charge on any atom is 0.122 e. The molecule has 2 nitrogen and oxygen atoms in total. The summed E-state index contributed by atoms with van der Waals surface area (Å²) < 4.78 is 10.4. The molecule has 0 amide bonds. The summed E-state index contributed by atoms with van der Waals surface area (Å²) in [5.74, 6) is 2.93. The van der Waals surface area contributed by atoms with Gasteiger partial charge in [-0.2, -0.15) is 11.8 Å². The van der Waals surface area contributed by atoms with E-state index < -0.39 is 0 Å². The highest BCUT2D eigenvalue weighted by Crippen LogP contribution is 2.23. The van der Waals surface area contributed by atoms with Crippen LogP contribution in [-0.4, -0.2) is 26.2 Å². The largest absolute Gasteiger partial charge is 0.497 e. The lowest BCUT2D eigenvalue weighted by Gasteiger charge is -2.08. The normalized spacial score (nSPS) is 10.1.